The summed E-state index contributed by atoms with van der Waals surface area (Å²) in [6.07, 6.45) is -3.88. The number of fused-ring (bicyclic) bond motifs is 1. The molecule has 0 bridgehead atoms. The molecule has 1 amide bonds. The molecule has 9 heteroatoms. The van der Waals surface area contributed by atoms with Crippen molar-refractivity contribution in [3.63, 3.8) is 0 Å². The number of amides is 1. The van der Waals surface area contributed by atoms with Crippen molar-refractivity contribution in [3.8, 4) is 17.6 Å². The van der Waals surface area contributed by atoms with E-state index in [1.54, 1.807) is 37.3 Å². The first-order chi connectivity index (χ1) is 18.4. The quantitative estimate of drug-likeness (QED) is 0.226. The normalized spacial score (nSPS) is 16.8. The van der Waals surface area contributed by atoms with E-state index in [-0.39, 0.29) is 24.3 Å². The van der Waals surface area contributed by atoms with Crippen molar-refractivity contribution in [2.24, 2.45) is 5.41 Å². The molecule has 1 atom stereocenters. The number of cyclic esters (lactones) is 1. The van der Waals surface area contributed by atoms with Crippen LogP contribution in [-0.4, -0.2) is 17.0 Å². The Morgan fingerprint density at radius 2 is 1.79 bits per heavy atom. The zero-order valence-corrected chi connectivity index (χ0v) is 20.8. The Morgan fingerprint density at radius 3 is 2.46 bits per heavy atom. The van der Waals surface area contributed by atoms with Crippen molar-refractivity contribution in [2.45, 2.75) is 44.4 Å². The minimum Gasteiger partial charge on any atom is -0.508 e. The molecule has 0 unspecified atom stereocenters. The number of hydrogen-bond donors (Lipinski definition) is 2. The van der Waals surface area contributed by atoms with Crippen LogP contribution in [0, 0.1) is 23.1 Å². The number of aromatic hydroxyl groups is 1. The van der Waals surface area contributed by atoms with Gasteiger partial charge in [0, 0.05) is 22.2 Å². The van der Waals surface area contributed by atoms with Crippen molar-refractivity contribution in [3.05, 3.63) is 94.3 Å². The van der Waals surface area contributed by atoms with E-state index in [1.807, 2.05) is 0 Å². The van der Waals surface area contributed by atoms with Gasteiger partial charge in [0.15, 0.2) is 0 Å². The van der Waals surface area contributed by atoms with Gasteiger partial charge < -0.3 is 15.2 Å². The van der Waals surface area contributed by atoms with Crippen LogP contribution in [0.2, 0.25) is 0 Å². The lowest BCUT2D eigenvalue weighted by Gasteiger charge is -2.29. The van der Waals surface area contributed by atoms with Crippen LogP contribution in [0.5, 0.6) is 5.75 Å². The number of hydrogen-bond acceptors (Lipinski definition) is 4. The third kappa shape index (κ3) is 5.32. The highest BCUT2D eigenvalue weighted by Gasteiger charge is 2.52. The molecule has 0 radical (unpaired) electrons. The summed E-state index contributed by atoms with van der Waals surface area (Å²) in [6.45, 7) is 1.65. The molecule has 1 saturated carbocycles. The predicted molar refractivity (Wildman–Crippen MR) is 134 cm³/mol. The molecule has 1 heterocycles. The van der Waals surface area contributed by atoms with Crippen molar-refractivity contribution in [1.29, 1.82) is 0 Å². The second-order valence-electron chi connectivity index (χ2n) is 10.2. The Kier molecular flexibility index (Phi) is 6.37. The van der Waals surface area contributed by atoms with Gasteiger partial charge in [0.05, 0.1) is 11.1 Å². The van der Waals surface area contributed by atoms with Gasteiger partial charge in [0.2, 0.25) is 5.91 Å². The highest BCUT2D eigenvalue weighted by Crippen LogP contribution is 2.56. The standard InChI is InChI=1S/C30H23F4NO4/c1-28(11-10-18-2-6-22(36)7-3-18,27(38)35-21-5-8-23-19(14-21)16-39-26(23)37)17-29(12-13-29)24-15-20(30(32,33)34)4-9-25(24)31/h2-9,14-15,36H,12-13,16-17H2,1H3,(H,35,38)/t28-/m1/s1. The average Bonchev–Trinajstić information content (AvgIpc) is 3.57. The van der Waals surface area contributed by atoms with E-state index in [9.17, 15) is 32.3 Å². The maximum atomic E-state index is 14.9. The number of anilines is 1. The Hall–Kier alpha value is -4.32. The van der Waals surface area contributed by atoms with Gasteiger partial charge in [-0.25, -0.2) is 9.18 Å². The number of ether oxygens (including phenoxy) is 1. The summed E-state index contributed by atoms with van der Waals surface area (Å²) >= 11 is 0. The Labute approximate surface area is 221 Å². The molecule has 5 rings (SSSR count). The maximum Gasteiger partial charge on any atom is 0.416 e. The minimum absolute atomic E-state index is 0.0261. The highest BCUT2D eigenvalue weighted by molar-refractivity contribution is 5.99. The summed E-state index contributed by atoms with van der Waals surface area (Å²) in [6, 6.07) is 13.1. The van der Waals surface area contributed by atoms with Crippen molar-refractivity contribution in [1.82, 2.24) is 0 Å². The largest absolute Gasteiger partial charge is 0.508 e. The molecule has 5 nitrogen and oxygen atoms in total. The number of carbonyl (C=O) groups is 2. The fourth-order valence-corrected chi connectivity index (χ4v) is 4.89. The van der Waals surface area contributed by atoms with Gasteiger partial charge in [-0.05, 0) is 92.4 Å². The molecule has 2 aliphatic rings. The van der Waals surface area contributed by atoms with E-state index in [2.05, 4.69) is 17.2 Å². The number of carbonyl (C=O) groups excluding carboxylic acids is 2. The number of benzene rings is 3. The molecular formula is C30H23F4NO4. The first-order valence-electron chi connectivity index (χ1n) is 12.2. The SMILES string of the molecule is C[C@@](C#Cc1ccc(O)cc1)(CC1(c2cc(C(F)(F)F)ccc2F)CC1)C(=O)Nc1ccc2c(c1)COC2=O. The van der Waals surface area contributed by atoms with Crippen LogP contribution in [0.25, 0.3) is 0 Å². The smallest absolute Gasteiger partial charge is 0.416 e. The minimum atomic E-state index is -4.64. The van der Waals surface area contributed by atoms with Gasteiger partial charge in [-0.2, -0.15) is 13.2 Å². The monoisotopic (exact) mass is 537 g/mol. The second-order valence-corrected chi connectivity index (χ2v) is 10.2. The maximum absolute atomic E-state index is 14.9. The van der Waals surface area contributed by atoms with Gasteiger partial charge in [-0.1, -0.05) is 11.8 Å². The third-order valence-corrected chi connectivity index (χ3v) is 7.20. The summed E-state index contributed by atoms with van der Waals surface area (Å²) in [5, 5.41) is 12.4. The molecule has 200 valence electrons. The van der Waals surface area contributed by atoms with Crippen LogP contribution in [0.1, 0.15) is 58.8 Å². The summed E-state index contributed by atoms with van der Waals surface area (Å²) in [7, 11) is 0. The van der Waals surface area contributed by atoms with Gasteiger partial charge in [0.25, 0.3) is 0 Å². The first-order valence-corrected chi connectivity index (χ1v) is 12.2. The number of nitrogens with one attached hydrogen (secondary N) is 1. The Balaban J connectivity index is 1.50. The average molecular weight is 538 g/mol. The van der Waals surface area contributed by atoms with Crippen molar-refractivity contribution >= 4 is 17.6 Å². The van der Waals surface area contributed by atoms with E-state index in [1.165, 1.54) is 12.1 Å². The number of rotatable bonds is 5. The molecule has 0 spiro atoms. The summed E-state index contributed by atoms with van der Waals surface area (Å²) < 4.78 is 60.2. The van der Waals surface area contributed by atoms with Gasteiger partial charge in [0.1, 0.15) is 23.6 Å². The van der Waals surface area contributed by atoms with Crippen LogP contribution in [0.3, 0.4) is 0 Å². The molecule has 0 aromatic heterocycles. The summed E-state index contributed by atoms with van der Waals surface area (Å²) in [5.41, 5.74) is -1.57. The number of esters is 1. The Morgan fingerprint density at radius 1 is 1.08 bits per heavy atom. The van der Waals surface area contributed by atoms with Gasteiger partial charge >= 0.3 is 12.1 Å². The summed E-state index contributed by atoms with van der Waals surface area (Å²) in [4.78, 5) is 25.5. The topological polar surface area (TPSA) is 75.6 Å². The Bertz CT molecular complexity index is 1530. The molecule has 1 fully saturated rings. The molecule has 2 N–H and O–H groups in total. The number of phenols is 1. The van der Waals surface area contributed by atoms with E-state index in [0.29, 0.717) is 41.3 Å². The zero-order chi connectivity index (χ0) is 28.0. The number of phenolic OH excluding ortho intramolecular Hbond substituents is 1. The summed E-state index contributed by atoms with van der Waals surface area (Å²) in [5.74, 6) is 4.18. The fraction of sp³-hybridized carbons (Fsp3) is 0.267. The molecule has 0 saturated heterocycles. The highest BCUT2D eigenvalue weighted by atomic mass is 19.4. The van der Waals surface area contributed by atoms with Crippen LogP contribution < -0.4 is 5.32 Å². The van der Waals surface area contributed by atoms with Crippen LogP contribution in [0.15, 0.2) is 60.7 Å². The van der Waals surface area contributed by atoms with Crippen molar-refractivity contribution < 1.29 is 37.0 Å². The number of halogens is 4. The molecule has 39 heavy (non-hydrogen) atoms. The molecule has 3 aromatic carbocycles. The molecule has 3 aromatic rings. The van der Waals surface area contributed by atoms with Gasteiger partial charge in [-0.3, -0.25) is 4.79 Å². The lowest BCUT2D eigenvalue weighted by molar-refractivity contribution is -0.137. The first kappa shape index (κ1) is 26.3. The third-order valence-electron chi connectivity index (χ3n) is 7.20. The second kappa shape index (κ2) is 9.45. The zero-order valence-electron chi connectivity index (χ0n) is 20.8. The van der Waals surface area contributed by atoms with Gasteiger partial charge in [-0.15, -0.1) is 0 Å². The lowest BCUT2D eigenvalue weighted by atomic mass is 9.75. The number of alkyl halides is 3. The van der Waals surface area contributed by atoms with Crippen LogP contribution in [-0.2, 0) is 27.7 Å². The lowest BCUT2D eigenvalue weighted by Crippen LogP contribution is -2.36. The fourth-order valence-electron chi connectivity index (χ4n) is 4.89. The van der Waals surface area contributed by atoms with Crippen molar-refractivity contribution in [2.75, 3.05) is 5.32 Å². The molecular weight excluding hydrogens is 514 g/mol. The van der Waals surface area contributed by atoms with E-state index >= 15 is 0 Å². The molecule has 1 aliphatic carbocycles. The van der Waals surface area contributed by atoms with E-state index < -0.39 is 40.3 Å². The van der Waals surface area contributed by atoms with Crippen LogP contribution >= 0.6 is 0 Å². The van der Waals surface area contributed by atoms with E-state index in [0.717, 1.165) is 12.1 Å². The van der Waals surface area contributed by atoms with E-state index in [4.69, 9.17) is 4.74 Å². The molecule has 1 aliphatic heterocycles. The predicted octanol–water partition coefficient (Wildman–Crippen LogP) is 6.34. The van der Waals surface area contributed by atoms with Crippen LogP contribution in [0.4, 0.5) is 23.2 Å².